The number of carbonyl (C=O) groups is 2. The molecule has 3 rings (SSSR count). The summed E-state index contributed by atoms with van der Waals surface area (Å²) >= 11 is 0. The van der Waals surface area contributed by atoms with Crippen molar-refractivity contribution in [3.63, 3.8) is 0 Å². The highest BCUT2D eigenvalue weighted by molar-refractivity contribution is 6.40. The van der Waals surface area contributed by atoms with E-state index in [4.69, 9.17) is 19.6 Å². The predicted molar refractivity (Wildman–Crippen MR) is 116 cm³/mol. The van der Waals surface area contributed by atoms with Gasteiger partial charge in [-0.15, -0.1) is 0 Å². The summed E-state index contributed by atoms with van der Waals surface area (Å²) in [7, 11) is 1.51. The van der Waals surface area contributed by atoms with Crippen molar-refractivity contribution in [1.29, 1.82) is 0 Å². The highest BCUT2D eigenvalue weighted by Gasteiger charge is 2.35. The minimum atomic E-state index is -1.05. The molecule has 0 radical (unpaired) electrons. The van der Waals surface area contributed by atoms with Crippen LogP contribution in [0.25, 0.3) is 11.3 Å². The molecule has 2 aromatic carbocycles. The highest BCUT2D eigenvalue weighted by Crippen LogP contribution is 2.36. The summed E-state index contributed by atoms with van der Waals surface area (Å²) in [5.41, 5.74) is 5.71. The van der Waals surface area contributed by atoms with E-state index in [0.717, 1.165) is 5.75 Å². The number of carbonyl (C=O) groups excluding carboxylic acids is 2. The molecule has 31 heavy (non-hydrogen) atoms. The van der Waals surface area contributed by atoms with Gasteiger partial charge in [0.1, 0.15) is 11.5 Å². The van der Waals surface area contributed by atoms with Gasteiger partial charge in [-0.2, -0.15) is 0 Å². The van der Waals surface area contributed by atoms with Crippen LogP contribution in [0.1, 0.15) is 20.3 Å². The molecule has 0 saturated carbocycles. The molecule has 2 N–H and O–H groups in total. The Hall–Kier alpha value is -3.81. The molecule has 0 aliphatic carbocycles. The summed E-state index contributed by atoms with van der Waals surface area (Å²) in [6.45, 7) is 4.03. The maximum Gasteiger partial charge on any atom is 0.316 e. The van der Waals surface area contributed by atoms with E-state index < -0.39 is 17.4 Å². The second kappa shape index (κ2) is 9.34. The van der Waals surface area contributed by atoms with Crippen LogP contribution in [0.4, 0.5) is 5.69 Å². The summed E-state index contributed by atoms with van der Waals surface area (Å²) in [6.07, 6.45) is 3.34. The molecule has 3 aromatic rings. The van der Waals surface area contributed by atoms with Crippen LogP contribution in [-0.2, 0) is 9.59 Å². The Morgan fingerprint density at radius 2 is 1.90 bits per heavy atom. The minimum absolute atomic E-state index is 0.340. The number of aromatic nitrogens is 1. The first-order valence-electron chi connectivity index (χ1n) is 9.72. The monoisotopic (exact) mass is 423 g/mol. The normalized spacial score (nSPS) is 11.1. The summed E-state index contributed by atoms with van der Waals surface area (Å²) in [4.78, 5) is 29.9. The first-order valence-corrected chi connectivity index (χ1v) is 9.72. The molecule has 0 fully saturated rings. The lowest BCUT2D eigenvalue weighted by Gasteiger charge is -2.38. The molecule has 8 nitrogen and oxygen atoms in total. The molecular formula is C23H25N3O5. The van der Waals surface area contributed by atoms with Crippen LogP contribution in [0.15, 0.2) is 65.5 Å². The van der Waals surface area contributed by atoms with Crippen LogP contribution >= 0.6 is 0 Å². The smallest absolute Gasteiger partial charge is 0.316 e. The number of para-hydroxylation sites is 1. The average molecular weight is 423 g/mol. The third kappa shape index (κ3) is 5.03. The molecule has 1 aromatic heterocycles. The topological polar surface area (TPSA) is 108 Å². The van der Waals surface area contributed by atoms with E-state index in [1.165, 1.54) is 18.4 Å². The molecule has 0 aliphatic rings. The van der Waals surface area contributed by atoms with Gasteiger partial charge in [0, 0.05) is 23.7 Å². The van der Waals surface area contributed by atoms with Gasteiger partial charge >= 0.3 is 11.8 Å². The Morgan fingerprint density at radius 1 is 1.16 bits per heavy atom. The van der Waals surface area contributed by atoms with Gasteiger partial charge in [-0.25, -0.2) is 4.98 Å². The Morgan fingerprint density at radius 3 is 2.52 bits per heavy atom. The molecule has 0 bridgehead atoms. The number of hydrogen-bond acceptors (Lipinski definition) is 6. The third-order valence-electron chi connectivity index (χ3n) is 4.89. The van der Waals surface area contributed by atoms with Crippen LogP contribution in [0.2, 0.25) is 0 Å². The van der Waals surface area contributed by atoms with Gasteiger partial charge in [-0.1, -0.05) is 18.2 Å². The maximum absolute atomic E-state index is 12.8. The van der Waals surface area contributed by atoms with E-state index in [2.05, 4.69) is 4.98 Å². The van der Waals surface area contributed by atoms with Gasteiger partial charge in [0.05, 0.1) is 25.5 Å². The number of primary amides is 1. The van der Waals surface area contributed by atoms with Gasteiger partial charge < -0.3 is 19.6 Å². The summed E-state index contributed by atoms with van der Waals surface area (Å²) in [6, 6.07) is 14.5. The quantitative estimate of drug-likeness (QED) is 0.556. The van der Waals surface area contributed by atoms with Gasteiger partial charge in [0.2, 0.25) is 0 Å². The Kier molecular flexibility index (Phi) is 6.59. The van der Waals surface area contributed by atoms with E-state index in [9.17, 15) is 9.59 Å². The molecule has 2 amide bonds. The standard InChI is InChI=1S/C23H25N3O5/c1-23(2,11-12-30-17-7-5-4-6-8-17)26(22(28)21(24)27)16-9-10-18(19(13-16)29-3)20-14-25-15-31-20/h4-10,13-15H,11-12H2,1-3H3,(H2,24,27). The van der Waals surface area contributed by atoms with Crippen molar-refractivity contribution in [2.24, 2.45) is 5.73 Å². The number of amides is 2. The second-order valence-corrected chi connectivity index (χ2v) is 7.48. The van der Waals surface area contributed by atoms with Crippen molar-refractivity contribution < 1.29 is 23.5 Å². The third-order valence-corrected chi connectivity index (χ3v) is 4.89. The Bertz CT molecular complexity index is 1030. The zero-order valence-electron chi connectivity index (χ0n) is 17.7. The zero-order chi connectivity index (χ0) is 22.4. The summed E-state index contributed by atoms with van der Waals surface area (Å²) < 4.78 is 16.6. The van der Waals surface area contributed by atoms with Crippen molar-refractivity contribution >= 4 is 17.5 Å². The Labute approximate surface area is 180 Å². The number of benzene rings is 2. The molecular weight excluding hydrogens is 398 g/mol. The maximum atomic E-state index is 12.8. The van der Waals surface area contributed by atoms with Crippen LogP contribution in [-0.4, -0.2) is 36.1 Å². The van der Waals surface area contributed by atoms with Crippen molar-refractivity contribution in [1.82, 2.24) is 4.98 Å². The van der Waals surface area contributed by atoms with Crippen LogP contribution in [0.3, 0.4) is 0 Å². The van der Waals surface area contributed by atoms with Crippen molar-refractivity contribution in [3.8, 4) is 22.8 Å². The molecule has 8 heteroatoms. The molecule has 0 saturated heterocycles. The highest BCUT2D eigenvalue weighted by atomic mass is 16.5. The molecule has 162 valence electrons. The number of nitrogens with zero attached hydrogens (tertiary/aromatic N) is 2. The zero-order valence-corrected chi connectivity index (χ0v) is 17.7. The van der Waals surface area contributed by atoms with Crippen molar-refractivity contribution in [3.05, 3.63) is 61.1 Å². The first kappa shape index (κ1) is 21.9. The van der Waals surface area contributed by atoms with Crippen molar-refractivity contribution in [2.45, 2.75) is 25.8 Å². The van der Waals surface area contributed by atoms with E-state index in [1.54, 1.807) is 24.4 Å². The number of rotatable bonds is 8. The molecule has 0 unspecified atom stereocenters. The predicted octanol–water partition coefficient (Wildman–Crippen LogP) is 3.42. The summed E-state index contributed by atoms with van der Waals surface area (Å²) in [5, 5.41) is 0. The van der Waals surface area contributed by atoms with Crippen LogP contribution in [0.5, 0.6) is 11.5 Å². The number of ether oxygens (including phenoxy) is 2. The second-order valence-electron chi connectivity index (χ2n) is 7.48. The van der Waals surface area contributed by atoms with Crippen molar-refractivity contribution in [2.75, 3.05) is 18.6 Å². The minimum Gasteiger partial charge on any atom is -0.496 e. The van der Waals surface area contributed by atoms with E-state index in [1.807, 2.05) is 44.2 Å². The van der Waals surface area contributed by atoms with Gasteiger partial charge in [-0.3, -0.25) is 14.5 Å². The fraction of sp³-hybridized carbons (Fsp3) is 0.261. The lowest BCUT2D eigenvalue weighted by Crippen LogP contribution is -2.53. The van der Waals surface area contributed by atoms with Crippen LogP contribution < -0.4 is 20.1 Å². The van der Waals surface area contributed by atoms with E-state index in [-0.39, 0.29) is 0 Å². The SMILES string of the molecule is COc1cc(N(C(=O)C(N)=O)C(C)(C)CCOc2ccccc2)ccc1-c1cnco1. The van der Waals surface area contributed by atoms with Gasteiger partial charge in [0.25, 0.3) is 0 Å². The van der Waals surface area contributed by atoms with E-state index >= 15 is 0 Å². The number of nitrogens with two attached hydrogens (primary N) is 1. The molecule has 0 aliphatic heterocycles. The largest absolute Gasteiger partial charge is 0.496 e. The number of anilines is 1. The van der Waals surface area contributed by atoms with E-state index in [0.29, 0.717) is 35.8 Å². The fourth-order valence-corrected chi connectivity index (χ4v) is 3.27. The Balaban J connectivity index is 1.89. The number of methoxy groups -OCH3 is 1. The number of hydrogen-bond donors (Lipinski definition) is 1. The lowest BCUT2D eigenvalue weighted by molar-refractivity contribution is -0.136. The van der Waals surface area contributed by atoms with Crippen LogP contribution in [0, 0.1) is 0 Å². The molecule has 0 spiro atoms. The first-order chi connectivity index (χ1) is 14.8. The van der Waals surface area contributed by atoms with Gasteiger partial charge in [-0.05, 0) is 38.1 Å². The van der Waals surface area contributed by atoms with Gasteiger partial charge in [0.15, 0.2) is 12.2 Å². The molecule has 0 atom stereocenters. The summed E-state index contributed by atoms with van der Waals surface area (Å²) in [5.74, 6) is -0.154. The lowest BCUT2D eigenvalue weighted by atomic mass is 9.96. The fourth-order valence-electron chi connectivity index (χ4n) is 3.27. The molecule has 1 heterocycles. The average Bonchev–Trinajstić information content (AvgIpc) is 3.28. The number of oxazole rings is 1.